The van der Waals surface area contributed by atoms with E-state index in [1.165, 1.54) is 6.07 Å². The molecule has 0 radical (unpaired) electrons. The predicted octanol–water partition coefficient (Wildman–Crippen LogP) is 3.04. The lowest BCUT2D eigenvalue weighted by atomic mass is 10.1. The summed E-state index contributed by atoms with van der Waals surface area (Å²) in [5.74, 6) is -1.34. The lowest BCUT2D eigenvalue weighted by Crippen LogP contribution is -2.39. The van der Waals surface area contributed by atoms with E-state index in [4.69, 9.17) is 4.84 Å². The number of benzene rings is 1. The van der Waals surface area contributed by atoms with Crippen LogP contribution in [0.1, 0.15) is 32.8 Å². The molecule has 3 rings (SSSR count). The molecule has 1 aromatic carbocycles. The van der Waals surface area contributed by atoms with Crippen molar-refractivity contribution >= 4 is 17.8 Å². The molecule has 0 atom stereocenters. The van der Waals surface area contributed by atoms with Gasteiger partial charge in [-0.25, -0.2) is 19.3 Å². The average Bonchev–Trinajstić information content (AvgIpc) is 3.05. The summed E-state index contributed by atoms with van der Waals surface area (Å²) in [7, 11) is 0. The summed E-state index contributed by atoms with van der Waals surface area (Å²) in [5, 5.41) is 0. The van der Waals surface area contributed by atoms with Crippen molar-refractivity contribution in [3.05, 3.63) is 52.6 Å². The van der Waals surface area contributed by atoms with Crippen LogP contribution in [0.15, 0.2) is 40.3 Å². The number of fused-ring (bicyclic) bond motifs is 1. The molecule has 1 N–H and O–H groups in total. The highest BCUT2D eigenvalue weighted by atomic mass is 19.1. The van der Waals surface area contributed by atoms with Gasteiger partial charge in [-0.3, -0.25) is 4.79 Å². The molecule has 1 aromatic rings. The van der Waals surface area contributed by atoms with Gasteiger partial charge in [0.25, 0.3) is 5.91 Å². The number of likely N-dealkylation sites (N-methyl/N-ethyl adjacent to an activating group) is 1. The third kappa shape index (κ3) is 3.64. The minimum absolute atomic E-state index is 0.00717. The number of aliphatic imine (C=N–C) groups is 1. The molecule has 0 saturated carbocycles. The van der Waals surface area contributed by atoms with Crippen LogP contribution in [0, 0.1) is 11.6 Å². The van der Waals surface area contributed by atoms with Crippen LogP contribution in [-0.2, 0) is 9.63 Å². The third-order valence-electron chi connectivity index (χ3n) is 4.91. The Kier molecular flexibility index (Phi) is 6.08. The Balaban J connectivity index is 2.10. The molecule has 2 heterocycles. The van der Waals surface area contributed by atoms with E-state index in [9.17, 15) is 13.6 Å². The van der Waals surface area contributed by atoms with Crippen molar-refractivity contribution in [2.45, 2.75) is 27.2 Å². The standard InChI is InChI=1S/C20H24F2N4O2/c1-4-15-20-19(24-28-15)18(17-13(21)8-7-9-14(17)22)23-12-16(27)26(20)11-10-25(5-2)6-3/h7-9,12,24H,4-6,10-11H2,1-3H3. The molecule has 0 aromatic heterocycles. The highest BCUT2D eigenvalue weighted by molar-refractivity contribution is 6.28. The van der Waals surface area contributed by atoms with Crippen molar-refractivity contribution in [2.75, 3.05) is 26.2 Å². The fraction of sp³-hybridized carbons (Fsp3) is 0.400. The summed E-state index contributed by atoms with van der Waals surface area (Å²) < 4.78 is 28.8. The Morgan fingerprint density at radius 2 is 1.86 bits per heavy atom. The van der Waals surface area contributed by atoms with Gasteiger partial charge in [-0.2, -0.15) is 0 Å². The number of carbonyl (C=O) groups excluding carboxylic acids is 1. The minimum Gasteiger partial charge on any atom is -0.384 e. The number of rotatable bonds is 7. The molecule has 6 nitrogen and oxygen atoms in total. The summed E-state index contributed by atoms with van der Waals surface area (Å²) >= 11 is 0. The molecule has 0 bridgehead atoms. The summed E-state index contributed by atoms with van der Waals surface area (Å²) in [6.07, 6.45) is 1.62. The fourth-order valence-corrected chi connectivity index (χ4v) is 3.32. The normalized spacial score (nSPS) is 16.5. The van der Waals surface area contributed by atoms with Gasteiger partial charge in [0.2, 0.25) is 0 Å². The van der Waals surface area contributed by atoms with E-state index in [2.05, 4.69) is 29.2 Å². The van der Waals surface area contributed by atoms with E-state index in [0.717, 1.165) is 31.4 Å². The zero-order valence-electron chi connectivity index (χ0n) is 16.3. The van der Waals surface area contributed by atoms with E-state index in [1.807, 2.05) is 6.92 Å². The Hall–Kier alpha value is -2.74. The smallest absolute Gasteiger partial charge is 0.269 e. The van der Waals surface area contributed by atoms with Gasteiger partial charge in [-0.1, -0.05) is 26.8 Å². The molecule has 0 aliphatic carbocycles. The molecule has 0 fully saturated rings. The molecular formula is C20H24F2N4O2. The maximum Gasteiger partial charge on any atom is 0.269 e. The highest BCUT2D eigenvalue weighted by Crippen LogP contribution is 2.36. The summed E-state index contributed by atoms with van der Waals surface area (Å²) in [5.41, 5.74) is 3.21. The Bertz CT molecular complexity index is 840. The lowest BCUT2D eigenvalue weighted by molar-refractivity contribution is -0.122. The van der Waals surface area contributed by atoms with Gasteiger partial charge >= 0.3 is 0 Å². The zero-order valence-corrected chi connectivity index (χ0v) is 16.3. The largest absolute Gasteiger partial charge is 0.384 e. The number of hydrogen-bond donors (Lipinski definition) is 1. The van der Waals surface area contributed by atoms with E-state index >= 15 is 0 Å². The Labute approximate surface area is 163 Å². The maximum atomic E-state index is 14.4. The predicted molar refractivity (Wildman–Crippen MR) is 103 cm³/mol. The van der Waals surface area contributed by atoms with E-state index < -0.39 is 11.6 Å². The van der Waals surface area contributed by atoms with Crippen molar-refractivity contribution in [1.29, 1.82) is 0 Å². The van der Waals surface area contributed by atoms with Gasteiger partial charge in [0.1, 0.15) is 28.7 Å². The van der Waals surface area contributed by atoms with Crippen LogP contribution in [-0.4, -0.2) is 48.1 Å². The molecule has 2 aliphatic heterocycles. The molecule has 1 amide bonds. The highest BCUT2D eigenvalue weighted by Gasteiger charge is 2.35. The molecule has 28 heavy (non-hydrogen) atoms. The molecule has 0 saturated heterocycles. The monoisotopic (exact) mass is 390 g/mol. The van der Waals surface area contributed by atoms with Crippen LogP contribution >= 0.6 is 0 Å². The second-order valence-electron chi connectivity index (χ2n) is 6.42. The fourth-order valence-electron chi connectivity index (χ4n) is 3.32. The number of carbonyl (C=O) groups is 1. The summed E-state index contributed by atoms with van der Waals surface area (Å²) in [4.78, 5) is 26.2. The maximum absolute atomic E-state index is 14.4. The summed E-state index contributed by atoms with van der Waals surface area (Å²) in [6.45, 7) is 8.77. The molecule has 8 heteroatoms. The first-order chi connectivity index (χ1) is 13.5. The first-order valence-electron chi connectivity index (χ1n) is 9.44. The van der Waals surface area contributed by atoms with Crippen LogP contribution in [0.3, 0.4) is 0 Å². The molecular weight excluding hydrogens is 366 g/mol. The topological polar surface area (TPSA) is 57.2 Å². The zero-order chi connectivity index (χ0) is 20.3. The quantitative estimate of drug-likeness (QED) is 0.778. The van der Waals surface area contributed by atoms with Crippen molar-refractivity contribution in [2.24, 2.45) is 4.99 Å². The number of allylic oxidation sites excluding steroid dienone is 1. The van der Waals surface area contributed by atoms with E-state index in [0.29, 0.717) is 36.7 Å². The van der Waals surface area contributed by atoms with Crippen molar-refractivity contribution in [3.63, 3.8) is 0 Å². The van der Waals surface area contributed by atoms with Gasteiger partial charge in [-0.05, 0) is 25.2 Å². The first-order valence-corrected chi connectivity index (χ1v) is 9.44. The van der Waals surface area contributed by atoms with E-state index in [-0.39, 0.29) is 17.2 Å². The Morgan fingerprint density at radius 1 is 1.18 bits per heavy atom. The molecule has 150 valence electrons. The summed E-state index contributed by atoms with van der Waals surface area (Å²) in [6, 6.07) is 3.60. The number of nitrogens with one attached hydrogen (secondary N) is 1. The number of nitrogens with zero attached hydrogens (tertiary/aromatic N) is 3. The van der Waals surface area contributed by atoms with E-state index in [1.54, 1.807) is 4.90 Å². The third-order valence-corrected chi connectivity index (χ3v) is 4.91. The van der Waals surface area contributed by atoms with Crippen molar-refractivity contribution in [3.8, 4) is 0 Å². The van der Waals surface area contributed by atoms with Crippen LogP contribution in [0.4, 0.5) is 8.78 Å². The van der Waals surface area contributed by atoms with Crippen molar-refractivity contribution in [1.82, 2.24) is 15.3 Å². The average molecular weight is 390 g/mol. The molecule has 0 unspecified atom stereocenters. The van der Waals surface area contributed by atoms with Crippen LogP contribution < -0.4 is 5.48 Å². The van der Waals surface area contributed by atoms with Crippen LogP contribution in [0.25, 0.3) is 5.70 Å². The molecule has 0 spiro atoms. The number of hydrogen-bond acceptors (Lipinski definition) is 5. The van der Waals surface area contributed by atoms with Crippen LogP contribution in [0.5, 0.6) is 0 Å². The van der Waals surface area contributed by atoms with Gasteiger partial charge in [0.05, 0.1) is 11.8 Å². The van der Waals surface area contributed by atoms with Gasteiger partial charge in [-0.15, -0.1) is 0 Å². The minimum atomic E-state index is -0.755. The number of halogens is 2. The van der Waals surface area contributed by atoms with Gasteiger partial charge in [0, 0.05) is 19.5 Å². The number of amides is 1. The molecule has 2 aliphatic rings. The second kappa shape index (κ2) is 8.52. The second-order valence-corrected chi connectivity index (χ2v) is 6.42. The first kappa shape index (κ1) is 20.0. The Morgan fingerprint density at radius 3 is 2.46 bits per heavy atom. The number of hydroxylamine groups is 1. The SMILES string of the molecule is CCC1=C2C(=C(c3c(F)cccc3F)N=CC(=O)N2CCN(CC)CC)NO1. The lowest BCUT2D eigenvalue weighted by Gasteiger charge is -2.25. The van der Waals surface area contributed by atoms with Gasteiger partial charge in [0.15, 0.2) is 5.76 Å². The van der Waals surface area contributed by atoms with Crippen LogP contribution in [0.2, 0.25) is 0 Å². The van der Waals surface area contributed by atoms with Crippen molar-refractivity contribution < 1.29 is 18.4 Å². The van der Waals surface area contributed by atoms with Gasteiger partial charge < -0.3 is 14.6 Å².